The van der Waals surface area contributed by atoms with Gasteiger partial charge in [-0.25, -0.2) is 4.98 Å². The molecule has 1 heterocycles. The molecule has 128 valence electrons. The van der Waals surface area contributed by atoms with E-state index in [0.29, 0.717) is 5.75 Å². The van der Waals surface area contributed by atoms with Gasteiger partial charge in [0.15, 0.2) is 0 Å². The zero-order valence-electron chi connectivity index (χ0n) is 12.2. The molecule has 1 aromatic carbocycles. The van der Waals surface area contributed by atoms with Gasteiger partial charge in [0.05, 0.1) is 22.0 Å². The van der Waals surface area contributed by atoms with Crippen molar-refractivity contribution < 1.29 is 18.0 Å². The van der Waals surface area contributed by atoms with Gasteiger partial charge in [0, 0.05) is 6.07 Å². The maximum absolute atomic E-state index is 12.7. The summed E-state index contributed by atoms with van der Waals surface area (Å²) in [7, 11) is 0. The summed E-state index contributed by atoms with van der Waals surface area (Å²) in [6, 6.07) is 3.52. The third kappa shape index (κ3) is 4.51. The quantitative estimate of drug-likeness (QED) is 0.854. The number of amides is 1. The molecular weight excluding hydrogens is 367 g/mol. The molecular formula is C14H11ClF3N3O2S. The van der Waals surface area contributed by atoms with E-state index >= 15 is 0 Å². The van der Waals surface area contributed by atoms with Gasteiger partial charge < -0.3 is 10.3 Å². The maximum Gasteiger partial charge on any atom is 0.416 e. The molecule has 1 amide bonds. The molecule has 10 heteroatoms. The molecule has 24 heavy (non-hydrogen) atoms. The predicted octanol–water partition coefficient (Wildman–Crippen LogP) is 3.56. The number of rotatable bonds is 4. The Labute approximate surface area is 143 Å². The summed E-state index contributed by atoms with van der Waals surface area (Å²) in [5, 5.41) is 2.18. The lowest BCUT2D eigenvalue weighted by molar-refractivity contribution is -0.137. The summed E-state index contributed by atoms with van der Waals surface area (Å²) in [4.78, 5) is 30.1. The van der Waals surface area contributed by atoms with Crippen LogP contribution in [0.25, 0.3) is 0 Å². The molecule has 0 unspecified atom stereocenters. The van der Waals surface area contributed by atoms with Crippen LogP contribution in [-0.4, -0.2) is 22.1 Å². The number of anilines is 1. The third-order valence-electron chi connectivity index (χ3n) is 2.85. The largest absolute Gasteiger partial charge is 0.416 e. The highest BCUT2D eigenvalue weighted by atomic mass is 35.5. The van der Waals surface area contributed by atoms with E-state index in [1.54, 1.807) is 6.26 Å². The number of nitrogens with one attached hydrogen (secondary N) is 2. The average molecular weight is 378 g/mol. The van der Waals surface area contributed by atoms with Crippen LogP contribution in [0.3, 0.4) is 0 Å². The van der Waals surface area contributed by atoms with Crippen LogP contribution in [0.4, 0.5) is 18.9 Å². The normalized spacial score (nSPS) is 11.4. The van der Waals surface area contributed by atoms with Crippen molar-refractivity contribution in [2.45, 2.75) is 11.9 Å². The van der Waals surface area contributed by atoms with Crippen LogP contribution >= 0.6 is 23.4 Å². The fourth-order valence-corrected chi connectivity index (χ4v) is 2.39. The third-order valence-corrected chi connectivity index (χ3v) is 3.74. The van der Waals surface area contributed by atoms with Crippen molar-refractivity contribution in [1.29, 1.82) is 0 Å². The topological polar surface area (TPSA) is 74.8 Å². The molecule has 0 atom stereocenters. The number of hydrogen-bond acceptors (Lipinski definition) is 4. The molecule has 2 aromatic rings. The Kier molecular flexibility index (Phi) is 5.55. The highest BCUT2D eigenvalue weighted by Crippen LogP contribution is 2.33. The molecule has 0 aliphatic heterocycles. The smallest absolute Gasteiger partial charge is 0.319 e. The van der Waals surface area contributed by atoms with Crippen molar-refractivity contribution in [3.63, 3.8) is 0 Å². The zero-order valence-corrected chi connectivity index (χ0v) is 13.8. The summed E-state index contributed by atoms with van der Waals surface area (Å²) in [5.41, 5.74) is -1.92. The lowest BCUT2D eigenvalue weighted by atomic mass is 10.2. The van der Waals surface area contributed by atoms with Crippen LogP contribution in [0.15, 0.2) is 29.1 Å². The second-order valence-corrected chi connectivity index (χ2v) is 5.93. The van der Waals surface area contributed by atoms with Crippen LogP contribution in [0.1, 0.15) is 21.9 Å². The fourth-order valence-electron chi connectivity index (χ4n) is 1.81. The molecule has 0 spiro atoms. The SMILES string of the molecule is CSCc1nc(C(=O)Nc2cc(C(F)(F)F)ccc2Cl)cc(=O)[nH]1. The van der Waals surface area contributed by atoms with Gasteiger partial charge in [0.25, 0.3) is 11.5 Å². The first-order valence-corrected chi connectivity index (χ1v) is 8.25. The molecule has 0 aliphatic carbocycles. The van der Waals surface area contributed by atoms with Gasteiger partial charge in [-0.15, -0.1) is 0 Å². The lowest BCUT2D eigenvalue weighted by Gasteiger charge is -2.11. The molecule has 2 N–H and O–H groups in total. The monoisotopic (exact) mass is 377 g/mol. The van der Waals surface area contributed by atoms with Gasteiger partial charge in [-0.05, 0) is 24.5 Å². The molecule has 0 aliphatic rings. The molecule has 0 radical (unpaired) electrons. The van der Waals surface area contributed by atoms with E-state index in [2.05, 4.69) is 15.3 Å². The van der Waals surface area contributed by atoms with E-state index in [4.69, 9.17) is 11.6 Å². The predicted molar refractivity (Wildman–Crippen MR) is 86.5 cm³/mol. The van der Waals surface area contributed by atoms with Gasteiger partial charge >= 0.3 is 6.18 Å². The van der Waals surface area contributed by atoms with E-state index in [-0.39, 0.29) is 22.2 Å². The minimum Gasteiger partial charge on any atom is -0.319 e. The average Bonchev–Trinajstić information content (AvgIpc) is 2.48. The molecule has 0 saturated carbocycles. The fraction of sp³-hybridized carbons (Fsp3) is 0.214. The summed E-state index contributed by atoms with van der Waals surface area (Å²) in [6.07, 6.45) is -2.78. The number of nitrogens with zero attached hydrogens (tertiary/aromatic N) is 1. The van der Waals surface area contributed by atoms with Gasteiger partial charge in [-0.3, -0.25) is 9.59 Å². The lowest BCUT2D eigenvalue weighted by Crippen LogP contribution is -2.20. The van der Waals surface area contributed by atoms with E-state index in [1.807, 2.05) is 0 Å². The standard InChI is InChI=1S/C14H11ClF3N3O2S/c1-24-6-11-19-10(5-12(22)21-11)13(23)20-9-4-7(14(16,17)18)2-3-8(9)15/h2-5H,6H2,1H3,(H,20,23)(H,19,21,22). The van der Waals surface area contributed by atoms with Gasteiger partial charge in [-0.1, -0.05) is 11.6 Å². The number of aromatic nitrogens is 2. The summed E-state index contributed by atoms with van der Waals surface area (Å²) in [6.45, 7) is 0. The first-order chi connectivity index (χ1) is 11.2. The highest BCUT2D eigenvalue weighted by Gasteiger charge is 2.31. The number of halogens is 4. The van der Waals surface area contributed by atoms with Crippen molar-refractivity contribution in [1.82, 2.24) is 9.97 Å². The Hall–Kier alpha value is -2.00. The summed E-state index contributed by atoms with van der Waals surface area (Å²) >= 11 is 7.20. The minimum atomic E-state index is -4.57. The van der Waals surface area contributed by atoms with Crippen molar-refractivity contribution in [2.75, 3.05) is 11.6 Å². The van der Waals surface area contributed by atoms with Crippen molar-refractivity contribution in [2.24, 2.45) is 0 Å². The van der Waals surface area contributed by atoms with Crippen molar-refractivity contribution in [3.8, 4) is 0 Å². The number of carbonyl (C=O) groups excluding carboxylic acids is 1. The van der Waals surface area contributed by atoms with Crippen LogP contribution in [0, 0.1) is 0 Å². The van der Waals surface area contributed by atoms with E-state index in [9.17, 15) is 22.8 Å². The number of alkyl halides is 3. The van der Waals surface area contributed by atoms with Crippen molar-refractivity contribution in [3.05, 3.63) is 56.7 Å². The summed E-state index contributed by atoms with van der Waals surface area (Å²) < 4.78 is 38.2. The van der Waals surface area contributed by atoms with E-state index in [0.717, 1.165) is 24.3 Å². The molecule has 2 rings (SSSR count). The number of benzene rings is 1. The Bertz CT molecular complexity index is 824. The Morgan fingerprint density at radius 2 is 2.08 bits per heavy atom. The Morgan fingerprint density at radius 3 is 2.71 bits per heavy atom. The second kappa shape index (κ2) is 7.27. The van der Waals surface area contributed by atoms with Crippen LogP contribution in [0.5, 0.6) is 0 Å². The highest BCUT2D eigenvalue weighted by molar-refractivity contribution is 7.97. The number of hydrogen-bond donors (Lipinski definition) is 2. The van der Waals surface area contributed by atoms with Crippen LogP contribution < -0.4 is 10.9 Å². The first-order valence-electron chi connectivity index (χ1n) is 6.48. The van der Waals surface area contributed by atoms with E-state index < -0.39 is 23.2 Å². The minimum absolute atomic E-state index is 0.0643. The Balaban J connectivity index is 2.31. The zero-order chi connectivity index (χ0) is 17.9. The number of thioether (sulfide) groups is 1. The molecule has 0 fully saturated rings. The van der Waals surface area contributed by atoms with Crippen LogP contribution in [-0.2, 0) is 11.9 Å². The number of aromatic amines is 1. The number of H-pyrrole nitrogens is 1. The molecule has 1 aromatic heterocycles. The summed E-state index contributed by atoms with van der Waals surface area (Å²) in [5.74, 6) is -0.166. The molecule has 0 bridgehead atoms. The molecule has 5 nitrogen and oxygen atoms in total. The maximum atomic E-state index is 12.7. The van der Waals surface area contributed by atoms with Crippen LogP contribution in [0.2, 0.25) is 5.02 Å². The van der Waals surface area contributed by atoms with Gasteiger partial charge in [0.2, 0.25) is 0 Å². The first kappa shape index (κ1) is 18.3. The Morgan fingerprint density at radius 1 is 1.38 bits per heavy atom. The van der Waals surface area contributed by atoms with Gasteiger partial charge in [0.1, 0.15) is 11.5 Å². The van der Waals surface area contributed by atoms with Crippen molar-refractivity contribution >= 4 is 35.0 Å². The molecule has 0 saturated heterocycles. The number of carbonyl (C=O) groups is 1. The second-order valence-electron chi connectivity index (χ2n) is 4.66. The van der Waals surface area contributed by atoms with Gasteiger partial charge in [-0.2, -0.15) is 24.9 Å². The van der Waals surface area contributed by atoms with E-state index in [1.165, 1.54) is 11.8 Å².